The second-order valence-corrected chi connectivity index (χ2v) is 4.80. The number of carbonyl (C=O) groups is 2. The van der Waals surface area contributed by atoms with E-state index >= 15 is 0 Å². The second-order valence-electron chi connectivity index (χ2n) is 4.80. The Labute approximate surface area is 114 Å². The SMILES string of the molecule is CCCNC(=O)OCCNC(=O)NC1CCCCC1. The van der Waals surface area contributed by atoms with Gasteiger partial charge in [0.15, 0.2) is 0 Å². The molecule has 3 amide bonds. The first-order valence-electron chi connectivity index (χ1n) is 7.17. The number of carbonyl (C=O) groups excluding carboxylic acids is 2. The largest absolute Gasteiger partial charge is 0.448 e. The lowest BCUT2D eigenvalue weighted by Crippen LogP contribution is -2.44. The summed E-state index contributed by atoms with van der Waals surface area (Å²) in [5.74, 6) is 0. The zero-order valence-corrected chi connectivity index (χ0v) is 11.7. The lowest BCUT2D eigenvalue weighted by atomic mass is 9.96. The van der Waals surface area contributed by atoms with E-state index in [9.17, 15) is 9.59 Å². The van der Waals surface area contributed by atoms with E-state index < -0.39 is 6.09 Å². The molecule has 6 heteroatoms. The molecule has 0 aliphatic heterocycles. The van der Waals surface area contributed by atoms with Crippen LogP contribution in [0.1, 0.15) is 45.4 Å². The van der Waals surface area contributed by atoms with E-state index in [0.717, 1.165) is 19.3 Å². The highest BCUT2D eigenvalue weighted by Gasteiger charge is 2.15. The highest BCUT2D eigenvalue weighted by molar-refractivity contribution is 5.74. The van der Waals surface area contributed by atoms with Crippen molar-refractivity contribution in [3.05, 3.63) is 0 Å². The van der Waals surface area contributed by atoms with Gasteiger partial charge in [-0.05, 0) is 19.3 Å². The van der Waals surface area contributed by atoms with E-state index in [4.69, 9.17) is 4.74 Å². The molecule has 110 valence electrons. The van der Waals surface area contributed by atoms with E-state index in [1.165, 1.54) is 19.3 Å². The molecule has 0 aromatic rings. The maximum Gasteiger partial charge on any atom is 0.407 e. The zero-order valence-electron chi connectivity index (χ0n) is 11.7. The summed E-state index contributed by atoms with van der Waals surface area (Å²) in [5, 5.41) is 8.22. The minimum absolute atomic E-state index is 0.176. The van der Waals surface area contributed by atoms with Crippen molar-refractivity contribution in [2.24, 2.45) is 0 Å². The maximum absolute atomic E-state index is 11.5. The molecule has 0 atom stereocenters. The molecule has 0 saturated heterocycles. The van der Waals surface area contributed by atoms with Gasteiger partial charge in [0.05, 0.1) is 6.54 Å². The van der Waals surface area contributed by atoms with Crippen molar-refractivity contribution < 1.29 is 14.3 Å². The minimum atomic E-state index is -0.434. The Morgan fingerprint density at radius 1 is 1.11 bits per heavy atom. The van der Waals surface area contributed by atoms with Crippen molar-refractivity contribution in [3.8, 4) is 0 Å². The molecule has 0 heterocycles. The summed E-state index contributed by atoms with van der Waals surface area (Å²) in [5.41, 5.74) is 0. The zero-order chi connectivity index (χ0) is 13.9. The second kappa shape index (κ2) is 9.47. The first kappa shape index (κ1) is 15.6. The molecule has 0 aromatic carbocycles. The van der Waals surface area contributed by atoms with E-state index in [2.05, 4.69) is 16.0 Å². The fraction of sp³-hybridized carbons (Fsp3) is 0.846. The van der Waals surface area contributed by atoms with Crippen LogP contribution in [0.2, 0.25) is 0 Å². The van der Waals surface area contributed by atoms with Crippen molar-refractivity contribution in [1.29, 1.82) is 0 Å². The van der Waals surface area contributed by atoms with Gasteiger partial charge in [-0.3, -0.25) is 0 Å². The van der Waals surface area contributed by atoms with E-state index in [1.54, 1.807) is 0 Å². The molecule has 1 saturated carbocycles. The topological polar surface area (TPSA) is 79.5 Å². The molecular weight excluding hydrogens is 246 g/mol. The average molecular weight is 271 g/mol. The van der Waals surface area contributed by atoms with Crippen LogP contribution in [0.4, 0.5) is 9.59 Å². The maximum atomic E-state index is 11.5. The van der Waals surface area contributed by atoms with Crippen molar-refractivity contribution in [1.82, 2.24) is 16.0 Å². The molecule has 0 bridgehead atoms. The lowest BCUT2D eigenvalue weighted by Gasteiger charge is -2.22. The molecule has 1 aliphatic rings. The van der Waals surface area contributed by atoms with Crippen molar-refractivity contribution in [2.45, 2.75) is 51.5 Å². The van der Waals surface area contributed by atoms with E-state index in [0.29, 0.717) is 19.1 Å². The van der Waals surface area contributed by atoms with Gasteiger partial charge in [-0.1, -0.05) is 26.2 Å². The van der Waals surface area contributed by atoms with Gasteiger partial charge < -0.3 is 20.7 Å². The number of alkyl carbamates (subject to hydrolysis) is 1. The van der Waals surface area contributed by atoms with Gasteiger partial charge in [0.25, 0.3) is 0 Å². The summed E-state index contributed by atoms with van der Waals surface area (Å²) in [6.07, 6.45) is 6.19. The van der Waals surface area contributed by atoms with Crippen LogP contribution in [-0.2, 0) is 4.74 Å². The van der Waals surface area contributed by atoms with Crippen molar-refractivity contribution in [3.63, 3.8) is 0 Å². The highest BCUT2D eigenvalue weighted by Crippen LogP contribution is 2.16. The number of hydrogen-bond donors (Lipinski definition) is 3. The first-order chi connectivity index (χ1) is 9.22. The monoisotopic (exact) mass is 271 g/mol. The van der Waals surface area contributed by atoms with Gasteiger partial charge in [-0.25, -0.2) is 9.59 Å². The number of ether oxygens (including phenoxy) is 1. The summed E-state index contributed by atoms with van der Waals surface area (Å²) < 4.78 is 4.89. The van der Waals surface area contributed by atoms with Crippen LogP contribution in [0.25, 0.3) is 0 Å². The molecule has 0 unspecified atom stereocenters. The fourth-order valence-electron chi connectivity index (χ4n) is 2.07. The highest BCUT2D eigenvalue weighted by atomic mass is 16.5. The summed E-state index contributed by atoms with van der Waals surface area (Å²) in [7, 11) is 0. The molecule has 0 radical (unpaired) electrons. The Morgan fingerprint density at radius 3 is 2.53 bits per heavy atom. The smallest absolute Gasteiger partial charge is 0.407 e. The summed E-state index contributed by atoms with van der Waals surface area (Å²) >= 11 is 0. The van der Waals surface area contributed by atoms with Crippen LogP contribution >= 0.6 is 0 Å². The van der Waals surface area contributed by atoms with Crippen LogP contribution in [0.5, 0.6) is 0 Å². The predicted octanol–water partition coefficient (Wildman–Crippen LogP) is 1.75. The molecule has 3 N–H and O–H groups in total. The van der Waals surface area contributed by atoms with Gasteiger partial charge in [0.2, 0.25) is 0 Å². The standard InChI is InChI=1S/C13H25N3O3/c1-2-8-15-13(18)19-10-9-14-12(17)16-11-6-4-3-5-7-11/h11H,2-10H2,1H3,(H,15,18)(H2,14,16,17). The van der Waals surface area contributed by atoms with E-state index in [1.807, 2.05) is 6.92 Å². The molecule has 0 aromatic heterocycles. The first-order valence-corrected chi connectivity index (χ1v) is 7.17. The number of rotatable bonds is 6. The van der Waals surface area contributed by atoms with Gasteiger partial charge in [-0.2, -0.15) is 0 Å². The predicted molar refractivity (Wildman–Crippen MR) is 73.0 cm³/mol. The van der Waals surface area contributed by atoms with Crippen LogP contribution in [-0.4, -0.2) is 37.9 Å². The summed E-state index contributed by atoms with van der Waals surface area (Å²) in [4.78, 5) is 22.7. The quantitative estimate of drug-likeness (QED) is 0.644. The van der Waals surface area contributed by atoms with Crippen LogP contribution in [0.15, 0.2) is 0 Å². The average Bonchev–Trinajstić information content (AvgIpc) is 2.42. The summed E-state index contributed by atoms with van der Waals surface area (Å²) in [6.45, 7) is 3.09. The third-order valence-electron chi connectivity index (χ3n) is 3.08. The summed E-state index contributed by atoms with van der Waals surface area (Å²) in [6, 6.07) is 0.118. The van der Waals surface area contributed by atoms with Gasteiger partial charge >= 0.3 is 12.1 Å². The van der Waals surface area contributed by atoms with Crippen molar-refractivity contribution in [2.75, 3.05) is 19.7 Å². The van der Waals surface area contributed by atoms with Crippen molar-refractivity contribution >= 4 is 12.1 Å². The van der Waals surface area contributed by atoms with Crippen LogP contribution in [0, 0.1) is 0 Å². The third-order valence-corrected chi connectivity index (χ3v) is 3.08. The molecule has 19 heavy (non-hydrogen) atoms. The number of urea groups is 1. The Balaban J connectivity index is 1.99. The molecule has 6 nitrogen and oxygen atoms in total. The third kappa shape index (κ3) is 7.54. The van der Waals surface area contributed by atoms with E-state index in [-0.39, 0.29) is 12.6 Å². The Bertz CT molecular complexity index is 278. The number of amides is 3. The van der Waals surface area contributed by atoms with Crippen LogP contribution < -0.4 is 16.0 Å². The normalized spacial score (nSPS) is 15.6. The number of nitrogens with one attached hydrogen (secondary N) is 3. The fourth-order valence-corrected chi connectivity index (χ4v) is 2.07. The Hall–Kier alpha value is -1.46. The molecule has 0 spiro atoms. The van der Waals surface area contributed by atoms with Gasteiger partial charge in [-0.15, -0.1) is 0 Å². The molecular formula is C13H25N3O3. The molecule has 1 rings (SSSR count). The lowest BCUT2D eigenvalue weighted by molar-refractivity contribution is 0.146. The Kier molecular flexibility index (Phi) is 7.77. The van der Waals surface area contributed by atoms with Crippen LogP contribution in [0.3, 0.4) is 0 Å². The van der Waals surface area contributed by atoms with Gasteiger partial charge in [0, 0.05) is 12.6 Å². The Morgan fingerprint density at radius 2 is 1.84 bits per heavy atom. The van der Waals surface area contributed by atoms with Gasteiger partial charge in [0.1, 0.15) is 6.61 Å². The number of hydrogen-bond acceptors (Lipinski definition) is 3. The molecule has 1 fully saturated rings. The molecule has 1 aliphatic carbocycles. The minimum Gasteiger partial charge on any atom is -0.448 e.